The number of fused-ring (bicyclic) bond motifs is 1. The largest absolute Gasteiger partial charge is 0.379 e. The highest BCUT2D eigenvalue weighted by molar-refractivity contribution is 5.99. The molecule has 1 amide bonds. The maximum atomic E-state index is 12.4. The lowest BCUT2D eigenvalue weighted by molar-refractivity contribution is 0.0342. The number of rotatable bonds is 7. The van der Waals surface area contributed by atoms with Gasteiger partial charge in [-0.15, -0.1) is 0 Å². The van der Waals surface area contributed by atoms with Crippen LogP contribution in [0.1, 0.15) is 35.3 Å². The van der Waals surface area contributed by atoms with Crippen molar-refractivity contribution in [3.63, 3.8) is 0 Å². The van der Waals surface area contributed by atoms with Crippen molar-refractivity contribution in [2.45, 2.75) is 33.0 Å². The Morgan fingerprint density at radius 3 is 2.80 bits per heavy atom. The summed E-state index contributed by atoms with van der Waals surface area (Å²) < 4.78 is 7.04. The van der Waals surface area contributed by atoms with E-state index in [2.05, 4.69) is 49.9 Å². The Labute approximate surface area is 176 Å². The van der Waals surface area contributed by atoms with Gasteiger partial charge in [0.2, 0.25) is 0 Å². The second-order valence-corrected chi connectivity index (χ2v) is 7.83. The summed E-state index contributed by atoms with van der Waals surface area (Å²) in [5.74, 6) is 0.542. The number of anilines is 1. The number of aromatic nitrogens is 3. The summed E-state index contributed by atoms with van der Waals surface area (Å²) in [6, 6.07) is 10.5. The van der Waals surface area contributed by atoms with Crippen molar-refractivity contribution in [1.82, 2.24) is 24.8 Å². The van der Waals surface area contributed by atoms with E-state index in [0.29, 0.717) is 23.6 Å². The summed E-state index contributed by atoms with van der Waals surface area (Å²) in [4.78, 5) is 19.4. The lowest BCUT2D eigenvalue weighted by Gasteiger charge is -2.26. The lowest BCUT2D eigenvalue weighted by atomic mass is 10.1. The van der Waals surface area contributed by atoms with Crippen molar-refractivity contribution in [3.05, 3.63) is 59.4 Å². The zero-order valence-electron chi connectivity index (χ0n) is 17.5. The van der Waals surface area contributed by atoms with Crippen LogP contribution >= 0.6 is 0 Å². The smallest absolute Gasteiger partial charge is 0.256 e. The Kier molecular flexibility index (Phi) is 6.25. The molecule has 0 saturated carbocycles. The third-order valence-corrected chi connectivity index (χ3v) is 5.01. The van der Waals surface area contributed by atoms with E-state index in [1.54, 1.807) is 10.7 Å². The quantitative estimate of drug-likeness (QED) is 0.624. The van der Waals surface area contributed by atoms with Crippen LogP contribution in [0.25, 0.3) is 5.65 Å². The first-order chi connectivity index (χ1) is 14.6. The molecule has 158 valence electrons. The molecule has 3 heterocycles. The van der Waals surface area contributed by atoms with Crippen LogP contribution in [0.15, 0.2) is 42.7 Å². The van der Waals surface area contributed by atoms with Gasteiger partial charge in [-0.2, -0.15) is 5.10 Å². The van der Waals surface area contributed by atoms with Gasteiger partial charge in [0.1, 0.15) is 11.4 Å². The van der Waals surface area contributed by atoms with Gasteiger partial charge in [-0.1, -0.05) is 24.3 Å². The molecule has 0 aliphatic carbocycles. The fourth-order valence-electron chi connectivity index (χ4n) is 3.52. The number of ether oxygens (including phenoxy) is 1. The highest BCUT2D eigenvalue weighted by Crippen LogP contribution is 2.14. The maximum absolute atomic E-state index is 12.4. The molecule has 0 radical (unpaired) electrons. The standard InChI is InChI=1S/C22H28N6O2/c1-16(2)25-22(29)19-14-24-28-7-6-20(26-21(19)28)23-13-17-4-3-5-18(12-17)15-27-8-10-30-11-9-27/h3-7,12,14,16H,8-11,13,15H2,1-2H3,(H,23,26)(H,25,29). The molecule has 1 aromatic carbocycles. The number of morpholine rings is 1. The molecule has 1 fully saturated rings. The van der Waals surface area contributed by atoms with Gasteiger partial charge in [-0.3, -0.25) is 9.69 Å². The molecule has 2 aromatic heterocycles. The molecular formula is C22H28N6O2. The van der Waals surface area contributed by atoms with Crippen molar-refractivity contribution in [2.24, 2.45) is 0 Å². The lowest BCUT2D eigenvalue weighted by Crippen LogP contribution is -2.35. The molecular weight excluding hydrogens is 380 g/mol. The van der Waals surface area contributed by atoms with Crippen LogP contribution in [0, 0.1) is 0 Å². The molecule has 30 heavy (non-hydrogen) atoms. The predicted octanol–water partition coefficient (Wildman–Crippen LogP) is 2.31. The van der Waals surface area contributed by atoms with Crippen LogP contribution in [0.2, 0.25) is 0 Å². The van der Waals surface area contributed by atoms with Crippen molar-refractivity contribution < 1.29 is 9.53 Å². The molecule has 1 aliphatic heterocycles. The number of benzene rings is 1. The van der Waals surface area contributed by atoms with E-state index in [1.165, 1.54) is 11.1 Å². The fraction of sp³-hybridized carbons (Fsp3) is 0.409. The Balaban J connectivity index is 1.43. The number of nitrogens with zero attached hydrogens (tertiary/aromatic N) is 4. The molecule has 4 rings (SSSR count). The summed E-state index contributed by atoms with van der Waals surface area (Å²) in [5, 5.41) is 10.5. The van der Waals surface area contributed by atoms with Gasteiger partial charge in [-0.05, 0) is 31.0 Å². The van der Waals surface area contributed by atoms with Crippen LogP contribution in [0.4, 0.5) is 5.82 Å². The zero-order valence-corrected chi connectivity index (χ0v) is 17.5. The molecule has 1 aliphatic rings. The second kappa shape index (κ2) is 9.23. The van der Waals surface area contributed by atoms with Gasteiger partial charge in [0.25, 0.3) is 5.91 Å². The van der Waals surface area contributed by atoms with Gasteiger partial charge < -0.3 is 15.4 Å². The molecule has 8 heteroatoms. The first-order valence-corrected chi connectivity index (χ1v) is 10.4. The Morgan fingerprint density at radius 1 is 1.20 bits per heavy atom. The zero-order chi connectivity index (χ0) is 20.9. The van der Waals surface area contributed by atoms with Crippen LogP contribution in [-0.4, -0.2) is 57.8 Å². The Morgan fingerprint density at radius 2 is 2.00 bits per heavy atom. The summed E-state index contributed by atoms with van der Waals surface area (Å²) in [6.45, 7) is 9.01. The molecule has 8 nitrogen and oxygen atoms in total. The van der Waals surface area contributed by atoms with Crippen molar-refractivity contribution in [1.29, 1.82) is 0 Å². The predicted molar refractivity (Wildman–Crippen MR) is 115 cm³/mol. The number of hydrogen-bond donors (Lipinski definition) is 2. The fourth-order valence-corrected chi connectivity index (χ4v) is 3.52. The summed E-state index contributed by atoms with van der Waals surface area (Å²) in [6.07, 6.45) is 3.37. The van der Waals surface area contributed by atoms with E-state index in [0.717, 1.165) is 32.8 Å². The van der Waals surface area contributed by atoms with Crippen molar-refractivity contribution in [3.8, 4) is 0 Å². The summed E-state index contributed by atoms with van der Waals surface area (Å²) in [5.41, 5.74) is 3.50. The van der Waals surface area contributed by atoms with E-state index in [1.807, 2.05) is 26.1 Å². The van der Waals surface area contributed by atoms with E-state index in [4.69, 9.17) is 4.74 Å². The summed E-state index contributed by atoms with van der Waals surface area (Å²) in [7, 11) is 0. The minimum atomic E-state index is -0.166. The maximum Gasteiger partial charge on any atom is 0.256 e. The minimum Gasteiger partial charge on any atom is -0.379 e. The minimum absolute atomic E-state index is 0.0542. The second-order valence-electron chi connectivity index (χ2n) is 7.83. The van der Waals surface area contributed by atoms with Crippen molar-refractivity contribution in [2.75, 3.05) is 31.6 Å². The van der Waals surface area contributed by atoms with Gasteiger partial charge in [0.15, 0.2) is 5.65 Å². The van der Waals surface area contributed by atoms with Crippen LogP contribution in [-0.2, 0) is 17.8 Å². The van der Waals surface area contributed by atoms with E-state index < -0.39 is 0 Å². The van der Waals surface area contributed by atoms with Gasteiger partial charge >= 0.3 is 0 Å². The van der Waals surface area contributed by atoms with Gasteiger partial charge in [-0.25, -0.2) is 9.50 Å². The normalized spacial score (nSPS) is 14.9. The molecule has 0 spiro atoms. The van der Waals surface area contributed by atoms with E-state index in [-0.39, 0.29) is 11.9 Å². The molecule has 0 atom stereocenters. The number of amides is 1. The number of hydrogen-bond acceptors (Lipinski definition) is 6. The average molecular weight is 409 g/mol. The molecule has 0 unspecified atom stereocenters. The first-order valence-electron chi connectivity index (χ1n) is 10.4. The Bertz CT molecular complexity index is 1010. The van der Waals surface area contributed by atoms with E-state index >= 15 is 0 Å². The highest BCUT2D eigenvalue weighted by Gasteiger charge is 2.15. The number of carbonyl (C=O) groups excluding carboxylic acids is 1. The van der Waals surface area contributed by atoms with Gasteiger partial charge in [0, 0.05) is 38.4 Å². The summed E-state index contributed by atoms with van der Waals surface area (Å²) >= 11 is 0. The van der Waals surface area contributed by atoms with Crippen LogP contribution < -0.4 is 10.6 Å². The monoisotopic (exact) mass is 408 g/mol. The third-order valence-electron chi connectivity index (χ3n) is 5.01. The topological polar surface area (TPSA) is 83.8 Å². The van der Waals surface area contributed by atoms with Crippen LogP contribution in [0.5, 0.6) is 0 Å². The number of carbonyl (C=O) groups is 1. The highest BCUT2D eigenvalue weighted by atomic mass is 16.5. The molecule has 2 N–H and O–H groups in total. The van der Waals surface area contributed by atoms with Crippen LogP contribution in [0.3, 0.4) is 0 Å². The molecule has 1 saturated heterocycles. The molecule has 0 bridgehead atoms. The average Bonchev–Trinajstić information content (AvgIpc) is 3.16. The number of nitrogens with one attached hydrogen (secondary N) is 2. The third kappa shape index (κ3) is 4.95. The van der Waals surface area contributed by atoms with E-state index in [9.17, 15) is 4.79 Å². The Hall–Kier alpha value is -2.97. The molecule has 3 aromatic rings. The van der Waals surface area contributed by atoms with Crippen molar-refractivity contribution >= 4 is 17.4 Å². The SMILES string of the molecule is CC(C)NC(=O)c1cnn2ccc(NCc3cccc(CN4CCOCC4)c3)nc12. The van der Waals surface area contributed by atoms with Gasteiger partial charge in [0.05, 0.1) is 19.4 Å². The first kappa shape index (κ1) is 20.3.